The first-order valence-corrected chi connectivity index (χ1v) is 10.1. The zero-order chi connectivity index (χ0) is 19.4. The second kappa shape index (κ2) is 8.58. The molecule has 26 heavy (non-hydrogen) atoms. The molecule has 0 heterocycles. The normalized spacial score (nSPS) is 16.5. The molecule has 10 heteroatoms. The first kappa shape index (κ1) is 21.0. The maximum absolute atomic E-state index is 12.8. The maximum atomic E-state index is 12.8. The number of rotatable bonds is 6. The van der Waals surface area contributed by atoms with Gasteiger partial charge in [-0.05, 0) is 31.0 Å². The summed E-state index contributed by atoms with van der Waals surface area (Å²) in [7, 11) is -4.18. The molecule has 1 amide bonds. The summed E-state index contributed by atoms with van der Waals surface area (Å²) in [6.07, 6.45) is 0.210. The van der Waals surface area contributed by atoms with E-state index in [4.69, 9.17) is 11.6 Å². The molecule has 1 aromatic rings. The lowest BCUT2D eigenvalue weighted by Gasteiger charge is -2.22. The standard InChI is InChI=1S/C16H20ClF3N2O3S/c17-14-7-6-12(10-13(14)16(18,19)20)26(24,25)21-9-8-15(23)22-11-4-2-1-3-5-11/h6-7,10-11,21H,1-5,8-9H2,(H,22,23). The Hall–Kier alpha value is -1.32. The van der Waals surface area contributed by atoms with Crippen molar-refractivity contribution in [3.63, 3.8) is 0 Å². The number of halogens is 4. The average molecular weight is 413 g/mol. The van der Waals surface area contributed by atoms with Gasteiger partial charge in [-0.2, -0.15) is 13.2 Å². The van der Waals surface area contributed by atoms with E-state index in [1.165, 1.54) is 0 Å². The van der Waals surface area contributed by atoms with Gasteiger partial charge in [0, 0.05) is 19.0 Å². The van der Waals surface area contributed by atoms with Gasteiger partial charge in [-0.1, -0.05) is 30.9 Å². The fourth-order valence-electron chi connectivity index (χ4n) is 2.82. The van der Waals surface area contributed by atoms with Crippen LogP contribution in [0.2, 0.25) is 5.02 Å². The van der Waals surface area contributed by atoms with Crippen molar-refractivity contribution >= 4 is 27.5 Å². The molecule has 0 saturated heterocycles. The van der Waals surface area contributed by atoms with Crippen molar-refractivity contribution in [1.29, 1.82) is 0 Å². The Bertz CT molecular complexity index is 748. The van der Waals surface area contributed by atoms with Crippen LogP contribution in [0.4, 0.5) is 13.2 Å². The van der Waals surface area contributed by atoms with E-state index in [0.717, 1.165) is 44.2 Å². The summed E-state index contributed by atoms with van der Waals surface area (Å²) in [6.45, 7) is -0.204. The molecule has 1 aromatic carbocycles. The van der Waals surface area contributed by atoms with E-state index in [1.54, 1.807) is 0 Å². The van der Waals surface area contributed by atoms with E-state index in [9.17, 15) is 26.4 Å². The van der Waals surface area contributed by atoms with Crippen molar-refractivity contribution in [3.05, 3.63) is 28.8 Å². The van der Waals surface area contributed by atoms with Crippen molar-refractivity contribution in [1.82, 2.24) is 10.0 Å². The molecule has 1 aliphatic rings. The van der Waals surface area contributed by atoms with Crippen molar-refractivity contribution in [2.24, 2.45) is 0 Å². The molecule has 0 bridgehead atoms. The third-order valence-electron chi connectivity index (χ3n) is 4.17. The number of benzene rings is 1. The minimum absolute atomic E-state index is 0.0878. The van der Waals surface area contributed by atoms with Crippen LogP contribution in [0.25, 0.3) is 0 Å². The number of hydrogen-bond donors (Lipinski definition) is 2. The van der Waals surface area contributed by atoms with Gasteiger partial charge in [0.25, 0.3) is 0 Å². The first-order valence-electron chi connectivity index (χ1n) is 8.25. The number of hydrogen-bond acceptors (Lipinski definition) is 3. The summed E-state index contributed by atoms with van der Waals surface area (Å²) in [6, 6.07) is 2.46. The lowest BCUT2D eigenvalue weighted by atomic mass is 9.95. The summed E-state index contributed by atoms with van der Waals surface area (Å²) >= 11 is 5.48. The number of nitrogens with one attached hydrogen (secondary N) is 2. The van der Waals surface area contributed by atoms with Crippen molar-refractivity contribution in [3.8, 4) is 0 Å². The molecule has 5 nitrogen and oxygen atoms in total. The SMILES string of the molecule is O=C(CCNS(=O)(=O)c1ccc(Cl)c(C(F)(F)F)c1)NC1CCCCC1. The van der Waals surface area contributed by atoms with E-state index in [1.807, 2.05) is 0 Å². The Morgan fingerprint density at radius 2 is 1.85 bits per heavy atom. The van der Waals surface area contributed by atoms with Gasteiger partial charge in [0.2, 0.25) is 15.9 Å². The van der Waals surface area contributed by atoms with Crippen LogP contribution in [0.5, 0.6) is 0 Å². The molecule has 2 rings (SSSR count). The fourth-order valence-corrected chi connectivity index (χ4v) is 4.10. The topological polar surface area (TPSA) is 75.3 Å². The minimum atomic E-state index is -4.76. The second-order valence-corrected chi connectivity index (χ2v) is 8.36. The molecule has 1 aliphatic carbocycles. The van der Waals surface area contributed by atoms with E-state index in [2.05, 4.69) is 10.0 Å². The molecule has 2 N–H and O–H groups in total. The van der Waals surface area contributed by atoms with E-state index < -0.39 is 31.7 Å². The quantitative estimate of drug-likeness (QED) is 0.751. The highest BCUT2D eigenvalue weighted by atomic mass is 35.5. The monoisotopic (exact) mass is 412 g/mol. The van der Waals surface area contributed by atoms with Gasteiger partial charge in [0.15, 0.2) is 0 Å². The summed E-state index contributed by atoms with van der Waals surface area (Å²) in [5.74, 6) is -0.285. The molecule has 0 atom stereocenters. The van der Waals surface area contributed by atoms with Gasteiger partial charge < -0.3 is 5.32 Å². The smallest absolute Gasteiger partial charge is 0.353 e. The fraction of sp³-hybridized carbons (Fsp3) is 0.562. The highest BCUT2D eigenvalue weighted by Gasteiger charge is 2.34. The number of sulfonamides is 1. The number of carbonyl (C=O) groups is 1. The number of alkyl halides is 3. The van der Waals surface area contributed by atoms with Gasteiger partial charge >= 0.3 is 6.18 Å². The van der Waals surface area contributed by atoms with Gasteiger partial charge in [-0.25, -0.2) is 13.1 Å². The first-order chi connectivity index (χ1) is 12.1. The van der Waals surface area contributed by atoms with Crippen LogP contribution in [-0.4, -0.2) is 26.9 Å². The highest BCUT2D eigenvalue weighted by molar-refractivity contribution is 7.89. The number of carbonyl (C=O) groups excluding carboxylic acids is 1. The largest absolute Gasteiger partial charge is 0.417 e. The lowest BCUT2D eigenvalue weighted by molar-refractivity contribution is -0.137. The van der Waals surface area contributed by atoms with Gasteiger partial charge in [-0.3, -0.25) is 4.79 Å². The van der Waals surface area contributed by atoms with Crippen LogP contribution in [0.3, 0.4) is 0 Å². The molecular weight excluding hydrogens is 393 g/mol. The van der Waals surface area contributed by atoms with Crippen LogP contribution in [0.15, 0.2) is 23.1 Å². The Labute approximate surface area is 155 Å². The third kappa shape index (κ3) is 5.85. The molecule has 0 unspecified atom stereocenters. The molecule has 146 valence electrons. The molecule has 0 aliphatic heterocycles. The minimum Gasteiger partial charge on any atom is -0.353 e. The Kier molecular flexibility index (Phi) is 6.92. The van der Waals surface area contributed by atoms with Crippen LogP contribution in [-0.2, 0) is 21.0 Å². The van der Waals surface area contributed by atoms with Gasteiger partial charge in [-0.15, -0.1) is 0 Å². The number of amides is 1. The summed E-state index contributed by atoms with van der Waals surface area (Å²) in [5.41, 5.74) is -1.22. The second-order valence-electron chi connectivity index (χ2n) is 6.19. The summed E-state index contributed by atoms with van der Waals surface area (Å²) in [4.78, 5) is 11.3. The maximum Gasteiger partial charge on any atom is 0.417 e. The summed E-state index contributed by atoms with van der Waals surface area (Å²) in [5, 5.41) is 2.26. The molecule has 1 fully saturated rings. The highest BCUT2D eigenvalue weighted by Crippen LogP contribution is 2.35. The van der Waals surface area contributed by atoms with Gasteiger partial charge in [0.1, 0.15) is 0 Å². The molecule has 0 spiro atoms. The zero-order valence-corrected chi connectivity index (χ0v) is 15.5. The van der Waals surface area contributed by atoms with Crippen molar-refractivity contribution < 1.29 is 26.4 Å². The Morgan fingerprint density at radius 3 is 2.46 bits per heavy atom. The molecule has 1 saturated carbocycles. The Balaban J connectivity index is 1.93. The average Bonchev–Trinajstić information content (AvgIpc) is 2.54. The van der Waals surface area contributed by atoms with Crippen LogP contribution in [0.1, 0.15) is 44.1 Å². The zero-order valence-electron chi connectivity index (χ0n) is 13.9. The van der Waals surface area contributed by atoms with E-state index >= 15 is 0 Å². The predicted molar refractivity (Wildman–Crippen MR) is 91.3 cm³/mol. The molecular formula is C16H20ClF3N2O3S. The Morgan fingerprint density at radius 1 is 1.19 bits per heavy atom. The molecule has 0 radical (unpaired) electrons. The predicted octanol–water partition coefficient (Wildman–Crippen LogP) is 3.48. The summed E-state index contributed by atoms with van der Waals surface area (Å²) < 4.78 is 65.0. The van der Waals surface area contributed by atoms with Gasteiger partial charge in [0.05, 0.1) is 15.5 Å². The molecule has 0 aromatic heterocycles. The van der Waals surface area contributed by atoms with E-state index in [0.29, 0.717) is 6.07 Å². The van der Waals surface area contributed by atoms with Crippen LogP contribution >= 0.6 is 11.6 Å². The lowest BCUT2D eigenvalue weighted by Crippen LogP contribution is -2.38. The third-order valence-corrected chi connectivity index (χ3v) is 5.96. The van der Waals surface area contributed by atoms with E-state index in [-0.39, 0.29) is 24.9 Å². The van der Waals surface area contributed by atoms with Crippen LogP contribution in [0, 0.1) is 0 Å². The van der Waals surface area contributed by atoms with Crippen LogP contribution < -0.4 is 10.0 Å². The van der Waals surface area contributed by atoms with Crippen molar-refractivity contribution in [2.45, 2.75) is 55.6 Å². The van der Waals surface area contributed by atoms with Crippen molar-refractivity contribution in [2.75, 3.05) is 6.54 Å².